The molecule has 0 unspecified atom stereocenters. The van der Waals surface area contributed by atoms with E-state index in [0.29, 0.717) is 11.4 Å². The van der Waals surface area contributed by atoms with Crippen LogP contribution in [0, 0.1) is 17.5 Å². The van der Waals surface area contributed by atoms with E-state index >= 15 is 0 Å². The van der Waals surface area contributed by atoms with Crippen molar-refractivity contribution in [2.45, 2.75) is 0 Å². The highest BCUT2D eigenvalue weighted by atomic mass is 19.1. The largest absolute Gasteiger partial charge is 0.351 e. The molecule has 3 aromatic rings. The average Bonchev–Trinajstić information content (AvgIpc) is 2.60. The van der Waals surface area contributed by atoms with E-state index in [1.807, 2.05) is 0 Å². The van der Waals surface area contributed by atoms with Gasteiger partial charge in [0.1, 0.15) is 23.1 Å². The topological polar surface area (TPSA) is 41.1 Å². The minimum Gasteiger partial charge on any atom is -0.351 e. The molecule has 0 aliphatic carbocycles. The number of halogens is 3. The smallest absolute Gasteiger partial charge is 0.255 e. The lowest BCUT2D eigenvalue weighted by Crippen LogP contribution is -2.12. The summed E-state index contributed by atoms with van der Waals surface area (Å²) in [6, 6.07) is 15.2. The highest BCUT2D eigenvalue weighted by Gasteiger charge is 2.09. The maximum atomic E-state index is 13.6. The Labute approximate surface area is 142 Å². The predicted octanol–water partition coefficient (Wildman–Crippen LogP) is 5.10. The molecular formula is C19H13F3N2O. The molecule has 126 valence electrons. The lowest BCUT2D eigenvalue weighted by atomic mass is 10.2. The van der Waals surface area contributed by atoms with Crippen LogP contribution in [0.1, 0.15) is 10.4 Å². The van der Waals surface area contributed by atoms with Gasteiger partial charge in [0.15, 0.2) is 0 Å². The summed E-state index contributed by atoms with van der Waals surface area (Å²) in [5.41, 5.74) is 0.858. The molecule has 0 radical (unpaired) electrons. The number of rotatable bonds is 4. The molecule has 3 rings (SSSR count). The second kappa shape index (κ2) is 7.09. The molecule has 0 fully saturated rings. The van der Waals surface area contributed by atoms with Crippen molar-refractivity contribution in [3.05, 3.63) is 89.7 Å². The summed E-state index contributed by atoms with van der Waals surface area (Å²) in [5.74, 6) is -2.37. The minimum absolute atomic E-state index is 0.190. The maximum Gasteiger partial charge on any atom is 0.255 e. The van der Waals surface area contributed by atoms with Crippen LogP contribution in [0.5, 0.6) is 0 Å². The third-order valence-electron chi connectivity index (χ3n) is 3.46. The summed E-state index contributed by atoms with van der Waals surface area (Å²) in [4.78, 5) is 12.0. The second-order valence-corrected chi connectivity index (χ2v) is 5.26. The van der Waals surface area contributed by atoms with Gasteiger partial charge in [-0.1, -0.05) is 12.1 Å². The van der Waals surface area contributed by atoms with Crippen molar-refractivity contribution in [2.24, 2.45) is 0 Å². The first-order valence-corrected chi connectivity index (χ1v) is 7.41. The van der Waals surface area contributed by atoms with E-state index in [1.54, 1.807) is 24.3 Å². The summed E-state index contributed by atoms with van der Waals surface area (Å²) >= 11 is 0. The molecular weight excluding hydrogens is 329 g/mol. The van der Waals surface area contributed by atoms with E-state index in [1.165, 1.54) is 24.3 Å². The molecule has 0 aromatic heterocycles. The van der Waals surface area contributed by atoms with Gasteiger partial charge < -0.3 is 10.6 Å². The fourth-order valence-electron chi connectivity index (χ4n) is 2.23. The van der Waals surface area contributed by atoms with Crippen molar-refractivity contribution in [2.75, 3.05) is 10.6 Å². The summed E-state index contributed by atoms with van der Waals surface area (Å²) in [5, 5.41) is 5.27. The third kappa shape index (κ3) is 3.98. The summed E-state index contributed by atoms with van der Waals surface area (Å²) < 4.78 is 40.4. The van der Waals surface area contributed by atoms with Crippen molar-refractivity contribution in [1.82, 2.24) is 0 Å². The molecule has 0 atom stereocenters. The predicted molar refractivity (Wildman–Crippen MR) is 90.4 cm³/mol. The SMILES string of the molecule is O=C(Nc1ccc(Nc2c(F)cccc2F)cc1)c1cccc(F)c1. The van der Waals surface area contributed by atoms with Gasteiger partial charge in [-0.3, -0.25) is 4.79 Å². The van der Waals surface area contributed by atoms with Crippen LogP contribution in [-0.4, -0.2) is 5.91 Å². The first-order chi connectivity index (χ1) is 12.0. The fourth-order valence-corrected chi connectivity index (χ4v) is 2.23. The Hall–Kier alpha value is -3.28. The molecule has 0 bridgehead atoms. The molecule has 2 N–H and O–H groups in total. The van der Waals surface area contributed by atoms with Crippen LogP contribution in [0.15, 0.2) is 66.7 Å². The monoisotopic (exact) mass is 342 g/mol. The van der Waals surface area contributed by atoms with Crippen molar-refractivity contribution in [3.63, 3.8) is 0 Å². The van der Waals surface area contributed by atoms with Gasteiger partial charge in [0.25, 0.3) is 5.91 Å². The summed E-state index contributed by atoms with van der Waals surface area (Å²) in [7, 11) is 0. The maximum absolute atomic E-state index is 13.6. The zero-order valence-corrected chi connectivity index (χ0v) is 12.9. The van der Waals surface area contributed by atoms with E-state index in [2.05, 4.69) is 10.6 Å². The van der Waals surface area contributed by atoms with E-state index in [9.17, 15) is 18.0 Å². The molecule has 6 heteroatoms. The van der Waals surface area contributed by atoms with Crippen LogP contribution in [0.3, 0.4) is 0 Å². The number of carbonyl (C=O) groups excluding carboxylic acids is 1. The number of carbonyl (C=O) groups is 1. The lowest BCUT2D eigenvalue weighted by molar-refractivity contribution is 0.102. The van der Waals surface area contributed by atoms with Gasteiger partial charge in [-0.2, -0.15) is 0 Å². The highest BCUT2D eigenvalue weighted by molar-refractivity contribution is 6.04. The van der Waals surface area contributed by atoms with Crippen LogP contribution < -0.4 is 10.6 Å². The van der Waals surface area contributed by atoms with Gasteiger partial charge in [0.05, 0.1) is 0 Å². The van der Waals surface area contributed by atoms with Gasteiger partial charge in [0.2, 0.25) is 0 Å². The number of hydrogen-bond donors (Lipinski definition) is 2. The average molecular weight is 342 g/mol. The van der Waals surface area contributed by atoms with Gasteiger partial charge in [-0.05, 0) is 54.6 Å². The van der Waals surface area contributed by atoms with Crippen LogP contribution in [0.4, 0.5) is 30.2 Å². The van der Waals surface area contributed by atoms with Crippen LogP contribution in [0.25, 0.3) is 0 Å². The zero-order chi connectivity index (χ0) is 17.8. The number of anilines is 3. The number of hydrogen-bond acceptors (Lipinski definition) is 2. The molecule has 0 heterocycles. The van der Waals surface area contributed by atoms with Crippen molar-refractivity contribution in [1.29, 1.82) is 0 Å². The van der Waals surface area contributed by atoms with Crippen molar-refractivity contribution < 1.29 is 18.0 Å². The molecule has 0 aliphatic heterocycles. The fraction of sp³-hybridized carbons (Fsp3) is 0. The standard InChI is InChI=1S/C19H13F3N2O/c20-13-4-1-3-12(11-13)19(25)24-15-9-7-14(8-10-15)23-18-16(21)5-2-6-17(18)22/h1-11,23H,(H,24,25). The summed E-state index contributed by atoms with van der Waals surface area (Å²) in [6.07, 6.45) is 0. The Kier molecular flexibility index (Phi) is 4.70. The van der Waals surface area contributed by atoms with E-state index < -0.39 is 23.4 Å². The van der Waals surface area contributed by atoms with Crippen molar-refractivity contribution in [3.8, 4) is 0 Å². The number of benzene rings is 3. The van der Waals surface area contributed by atoms with E-state index in [0.717, 1.165) is 18.2 Å². The number of nitrogens with one attached hydrogen (secondary N) is 2. The third-order valence-corrected chi connectivity index (χ3v) is 3.46. The number of para-hydroxylation sites is 1. The van der Waals surface area contributed by atoms with E-state index in [4.69, 9.17) is 0 Å². The van der Waals surface area contributed by atoms with Crippen molar-refractivity contribution >= 4 is 23.0 Å². The Morgan fingerprint density at radius 2 is 1.36 bits per heavy atom. The van der Waals surface area contributed by atoms with Crippen LogP contribution >= 0.6 is 0 Å². The van der Waals surface area contributed by atoms with Gasteiger partial charge in [-0.15, -0.1) is 0 Å². The molecule has 0 spiro atoms. The Morgan fingerprint density at radius 1 is 0.760 bits per heavy atom. The molecule has 3 aromatic carbocycles. The molecule has 0 aliphatic rings. The second-order valence-electron chi connectivity index (χ2n) is 5.26. The first-order valence-electron chi connectivity index (χ1n) is 7.41. The lowest BCUT2D eigenvalue weighted by Gasteiger charge is -2.10. The zero-order valence-electron chi connectivity index (χ0n) is 12.9. The first kappa shape index (κ1) is 16.6. The van der Waals surface area contributed by atoms with Gasteiger partial charge >= 0.3 is 0 Å². The molecule has 25 heavy (non-hydrogen) atoms. The quantitative estimate of drug-likeness (QED) is 0.692. The Morgan fingerprint density at radius 3 is 2.00 bits per heavy atom. The molecule has 0 saturated carbocycles. The van der Waals surface area contributed by atoms with E-state index in [-0.39, 0.29) is 11.3 Å². The van der Waals surface area contributed by atoms with Gasteiger partial charge in [0, 0.05) is 16.9 Å². The van der Waals surface area contributed by atoms with Crippen LogP contribution in [-0.2, 0) is 0 Å². The van der Waals surface area contributed by atoms with Gasteiger partial charge in [-0.25, -0.2) is 13.2 Å². The van der Waals surface area contributed by atoms with Crippen LogP contribution in [0.2, 0.25) is 0 Å². The Bertz CT molecular complexity index is 891. The summed E-state index contributed by atoms with van der Waals surface area (Å²) in [6.45, 7) is 0. The minimum atomic E-state index is -0.705. The Balaban J connectivity index is 1.71. The molecule has 3 nitrogen and oxygen atoms in total. The number of amides is 1. The molecule has 0 saturated heterocycles. The molecule has 1 amide bonds. The normalized spacial score (nSPS) is 10.4. The highest BCUT2D eigenvalue weighted by Crippen LogP contribution is 2.24.